The number of fused-ring (bicyclic) bond motifs is 1. The van der Waals surface area contributed by atoms with Crippen LogP contribution in [-0.4, -0.2) is 34.9 Å². The highest BCUT2D eigenvalue weighted by atomic mass is 79.9. The second-order valence-corrected chi connectivity index (χ2v) is 4.31. The molecule has 0 atom stereocenters. The van der Waals surface area contributed by atoms with E-state index in [1.54, 1.807) is 20.3 Å². The summed E-state index contributed by atoms with van der Waals surface area (Å²) in [5.41, 5.74) is 1.37. The predicted octanol–water partition coefficient (Wildman–Crippen LogP) is 2.03. The molecule has 1 amide bonds. The maximum absolute atomic E-state index is 11.7. The molecule has 0 aliphatic heterocycles. The van der Waals surface area contributed by atoms with E-state index < -0.39 is 0 Å². The average molecular weight is 268 g/mol. The molecule has 0 radical (unpaired) electrons. The first-order valence-electron chi connectivity index (χ1n) is 4.44. The summed E-state index contributed by atoms with van der Waals surface area (Å²) in [4.78, 5) is 20.4. The van der Waals surface area contributed by atoms with Crippen LogP contribution in [0.5, 0.6) is 0 Å². The number of aromatic amines is 1. The number of aromatic nitrogens is 2. The third kappa shape index (κ3) is 1.74. The number of amides is 1. The fourth-order valence-corrected chi connectivity index (χ4v) is 1.76. The highest BCUT2D eigenvalue weighted by Gasteiger charge is 2.10. The molecule has 5 heteroatoms. The molecular weight excluding hydrogens is 258 g/mol. The topological polar surface area (TPSA) is 49.0 Å². The monoisotopic (exact) mass is 267 g/mol. The maximum Gasteiger partial charge on any atom is 0.254 e. The molecule has 2 aromatic rings. The molecule has 0 spiro atoms. The fourth-order valence-electron chi connectivity index (χ4n) is 1.35. The molecule has 0 bridgehead atoms. The van der Waals surface area contributed by atoms with E-state index in [2.05, 4.69) is 25.9 Å². The first-order valence-corrected chi connectivity index (χ1v) is 5.23. The third-order valence-electron chi connectivity index (χ3n) is 2.13. The third-order valence-corrected chi connectivity index (χ3v) is 2.79. The molecule has 0 fully saturated rings. The quantitative estimate of drug-likeness (QED) is 0.860. The Morgan fingerprint density at radius 2 is 2.27 bits per heavy atom. The summed E-state index contributed by atoms with van der Waals surface area (Å²) in [6, 6.07) is 1.82. The molecule has 4 nitrogen and oxygen atoms in total. The molecule has 0 aliphatic carbocycles. The summed E-state index contributed by atoms with van der Waals surface area (Å²) in [6.45, 7) is 0. The van der Waals surface area contributed by atoms with Crippen LogP contribution in [0.1, 0.15) is 10.4 Å². The Kier molecular flexibility index (Phi) is 2.48. The lowest BCUT2D eigenvalue weighted by Crippen LogP contribution is -2.21. The SMILES string of the molecule is CN(C)C(=O)c1cnc2[nH]cc(Br)c2c1. The lowest BCUT2D eigenvalue weighted by atomic mass is 10.2. The van der Waals surface area contributed by atoms with E-state index in [9.17, 15) is 4.79 Å². The van der Waals surface area contributed by atoms with Gasteiger partial charge in [-0.15, -0.1) is 0 Å². The van der Waals surface area contributed by atoms with E-state index in [1.807, 2.05) is 12.3 Å². The average Bonchev–Trinajstić information content (AvgIpc) is 2.59. The van der Waals surface area contributed by atoms with Gasteiger partial charge < -0.3 is 9.88 Å². The second-order valence-electron chi connectivity index (χ2n) is 3.46. The van der Waals surface area contributed by atoms with Crippen LogP contribution >= 0.6 is 15.9 Å². The van der Waals surface area contributed by atoms with Gasteiger partial charge in [0, 0.05) is 36.3 Å². The summed E-state index contributed by atoms with van der Waals surface area (Å²) in [5.74, 6) is -0.0440. The summed E-state index contributed by atoms with van der Waals surface area (Å²) in [5, 5.41) is 0.919. The summed E-state index contributed by atoms with van der Waals surface area (Å²) in [7, 11) is 3.44. The maximum atomic E-state index is 11.7. The van der Waals surface area contributed by atoms with E-state index >= 15 is 0 Å². The van der Waals surface area contributed by atoms with E-state index in [4.69, 9.17) is 0 Å². The van der Waals surface area contributed by atoms with Gasteiger partial charge in [0.15, 0.2) is 0 Å². The van der Waals surface area contributed by atoms with Crippen LogP contribution in [-0.2, 0) is 0 Å². The molecular formula is C10H10BrN3O. The zero-order valence-electron chi connectivity index (χ0n) is 8.41. The minimum atomic E-state index is -0.0440. The van der Waals surface area contributed by atoms with Crippen LogP contribution in [0.4, 0.5) is 0 Å². The minimum absolute atomic E-state index is 0.0440. The Morgan fingerprint density at radius 1 is 1.53 bits per heavy atom. The molecule has 2 heterocycles. The van der Waals surface area contributed by atoms with Gasteiger partial charge in [0.25, 0.3) is 5.91 Å². The highest BCUT2D eigenvalue weighted by molar-refractivity contribution is 9.10. The van der Waals surface area contributed by atoms with E-state index in [-0.39, 0.29) is 5.91 Å². The van der Waals surface area contributed by atoms with Crippen molar-refractivity contribution in [1.29, 1.82) is 0 Å². The molecule has 0 unspecified atom stereocenters. The van der Waals surface area contributed by atoms with Crippen LogP contribution in [0.15, 0.2) is 22.9 Å². The standard InChI is InChI=1S/C10H10BrN3O/c1-14(2)10(15)6-3-7-8(11)5-13-9(7)12-4-6/h3-5H,1-2H3,(H,12,13). The van der Waals surface area contributed by atoms with Crippen molar-refractivity contribution in [2.45, 2.75) is 0 Å². The predicted molar refractivity (Wildman–Crippen MR) is 61.8 cm³/mol. The van der Waals surface area contributed by atoms with Crippen molar-refractivity contribution in [3.63, 3.8) is 0 Å². The molecule has 0 saturated carbocycles. The Labute approximate surface area is 95.4 Å². The van der Waals surface area contributed by atoms with Gasteiger partial charge in [0.1, 0.15) is 5.65 Å². The number of hydrogen-bond donors (Lipinski definition) is 1. The lowest BCUT2D eigenvalue weighted by molar-refractivity contribution is 0.0827. The Hall–Kier alpha value is -1.36. The second kappa shape index (κ2) is 3.66. The number of H-pyrrole nitrogens is 1. The fraction of sp³-hybridized carbons (Fsp3) is 0.200. The van der Waals surface area contributed by atoms with Crippen LogP contribution in [0, 0.1) is 0 Å². The molecule has 78 valence electrons. The van der Waals surface area contributed by atoms with Crippen molar-refractivity contribution in [2.75, 3.05) is 14.1 Å². The number of carbonyl (C=O) groups is 1. The van der Waals surface area contributed by atoms with Gasteiger partial charge in [-0.3, -0.25) is 4.79 Å². The van der Waals surface area contributed by atoms with Crippen molar-refractivity contribution in [1.82, 2.24) is 14.9 Å². The van der Waals surface area contributed by atoms with Crippen LogP contribution < -0.4 is 0 Å². The summed E-state index contributed by atoms with van der Waals surface area (Å²) >= 11 is 3.39. The molecule has 0 aliphatic rings. The van der Waals surface area contributed by atoms with Gasteiger partial charge in [-0.05, 0) is 22.0 Å². The van der Waals surface area contributed by atoms with Crippen molar-refractivity contribution < 1.29 is 4.79 Å². The van der Waals surface area contributed by atoms with Crippen LogP contribution in [0.3, 0.4) is 0 Å². The summed E-state index contributed by atoms with van der Waals surface area (Å²) in [6.07, 6.45) is 3.38. The van der Waals surface area contributed by atoms with Crippen molar-refractivity contribution >= 4 is 32.9 Å². The van der Waals surface area contributed by atoms with Crippen molar-refractivity contribution in [3.05, 3.63) is 28.5 Å². The van der Waals surface area contributed by atoms with Crippen LogP contribution in [0.25, 0.3) is 11.0 Å². The smallest absolute Gasteiger partial charge is 0.254 e. The first kappa shape index (κ1) is 10.2. The lowest BCUT2D eigenvalue weighted by Gasteiger charge is -2.09. The largest absolute Gasteiger partial charge is 0.345 e. The number of nitrogens with one attached hydrogen (secondary N) is 1. The Morgan fingerprint density at radius 3 is 2.93 bits per heavy atom. The molecule has 0 aromatic carbocycles. The van der Waals surface area contributed by atoms with E-state index in [0.29, 0.717) is 5.56 Å². The van der Waals surface area contributed by atoms with E-state index in [1.165, 1.54) is 4.90 Å². The first-order chi connectivity index (χ1) is 7.09. The van der Waals surface area contributed by atoms with Gasteiger partial charge in [0.05, 0.1) is 5.56 Å². The van der Waals surface area contributed by atoms with Gasteiger partial charge in [-0.1, -0.05) is 0 Å². The molecule has 1 N–H and O–H groups in total. The molecule has 0 saturated heterocycles. The number of hydrogen-bond acceptors (Lipinski definition) is 2. The van der Waals surface area contributed by atoms with Crippen LogP contribution in [0.2, 0.25) is 0 Å². The van der Waals surface area contributed by atoms with E-state index in [0.717, 1.165) is 15.5 Å². The highest BCUT2D eigenvalue weighted by Crippen LogP contribution is 2.22. The molecule has 2 aromatic heterocycles. The van der Waals surface area contributed by atoms with Gasteiger partial charge >= 0.3 is 0 Å². The minimum Gasteiger partial charge on any atom is -0.345 e. The van der Waals surface area contributed by atoms with Gasteiger partial charge in [-0.2, -0.15) is 0 Å². The summed E-state index contributed by atoms with van der Waals surface area (Å²) < 4.78 is 0.915. The van der Waals surface area contributed by atoms with Crippen molar-refractivity contribution in [3.8, 4) is 0 Å². The zero-order chi connectivity index (χ0) is 11.0. The number of halogens is 1. The Balaban J connectivity index is 2.55. The molecule has 2 rings (SSSR count). The van der Waals surface area contributed by atoms with Crippen molar-refractivity contribution in [2.24, 2.45) is 0 Å². The van der Waals surface area contributed by atoms with Gasteiger partial charge in [0.2, 0.25) is 0 Å². The number of pyridine rings is 1. The number of rotatable bonds is 1. The number of nitrogens with zero attached hydrogens (tertiary/aromatic N) is 2. The normalized spacial score (nSPS) is 10.6. The zero-order valence-corrected chi connectivity index (χ0v) is 10.00. The molecule has 15 heavy (non-hydrogen) atoms. The van der Waals surface area contributed by atoms with Gasteiger partial charge in [-0.25, -0.2) is 4.98 Å². The number of carbonyl (C=O) groups excluding carboxylic acids is 1. The Bertz CT molecular complexity index is 518.